The molecule has 5 aromatic carbocycles. The van der Waals surface area contributed by atoms with Crippen LogP contribution < -0.4 is 53.6 Å². The van der Waals surface area contributed by atoms with Crippen LogP contribution in [-0.2, 0) is 118 Å². The molecule has 15 amide bonds. The van der Waals surface area contributed by atoms with Gasteiger partial charge in [-0.2, -0.15) is 0 Å². The molecule has 14 N–H and O–H groups in total. The second-order valence-electron chi connectivity index (χ2n) is 33.8. The molecule has 3 saturated heterocycles. The SMILES string of the molecule is CCCC[C@H]1C(=O)N2CCC[C@@H]2C(=O)N[C@@H](COC=O)C(=O)N[C@@H](C(C)C)C(=O)N(C)[C@@H](Cc2ccccc2)C(=O)N[C@@H](CCC(=O)O)C(=O)N2CSC[C@@H]2C(=O)N[C@@H](Cc2c[nH]c3ccccc23)C(=O)N[C@@H](Cc2ccc(O)cc2)C(=O)N[C@@H](CC(C)C)C(=O)N[C@H](C(=O)NCC(N)=O)CSCC(=O)N[C@@H](Cc2cc(F)c(F)c(F)c2)C(=O)N(C)[C@@H](Cc2ccccc2)C(=O)N1C. The molecule has 133 heavy (non-hydrogen) atoms. The number of carbonyl (C=O) groups is 17. The molecule has 0 aliphatic carbocycles. The van der Waals surface area contributed by atoms with Gasteiger partial charge in [0.25, 0.3) is 6.47 Å². The molecule has 4 heterocycles. The Hall–Kier alpha value is -13.1. The van der Waals surface area contributed by atoms with Crippen molar-refractivity contribution in [1.82, 2.24) is 77.3 Å². The fraction of sp³-hybridized carbons (Fsp3) is 0.467. The Morgan fingerprint density at radius 3 is 1.74 bits per heavy atom. The summed E-state index contributed by atoms with van der Waals surface area (Å²) >= 11 is 1.77. The first-order chi connectivity index (χ1) is 63.4. The van der Waals surface area contributed by atoms with Crippen LogP contribution in [0.3, 0.4) is 0 Å². The van der Waals surface area contributed by atoms with Gasteiger partial charge in [-0.1, -0.05) is 138 Å². The van der Waals surface area contributed by atoms with Crippen molar-refractivity contribution in [1.29, 1.82) is 0 Å². The molecule has 716 valence electrons. The molecular formula is C92H115F3N16O20S2. The highest BCUT2D eigenvalue weighted by atomic mass is 32.2. The van der Waals surface area contributed by atoms with E-state index < -0.39 is 246 Å². The van der Waals surface area contributed by atoms with E-state index in [0.29, 0.717) is 69.9 Å². The first-order valence-corrected chi connectivity index (χ1v) is 46.0. The molecule has 0 bridgehead atoms. The number of H-pyrrole nitrogens is 1. The van der Waals surface area contributed by atoms with Gasteiger partial charge in [-0.3, -0.25) is 81.5 Å². The average Bonchev–Trinajstić information content (AvgIpc) is 1.78. The van der Waals surface area contributed by atoms with E-state index >= 15 is 51.9 Å². The number of ether oxygens (including phenoxy) is 1. The Morgan fingerprint density at radius 2 is 1.11 bits per heavy atom. The van der Waals surface area contributed by atoms with Gasteiger partial charge in [0.2, 0.25) is 88.6 Å². The number of unbranched alkanes of at least 4 members (excludes halogenated alkanes) is 1. The first-order valence-electron chi connectivity index (χ1n) is 43.7. The van der Waals surface area contributed by atoms with Crippen LogP contribution in [0.4, 0.5) is 13.2 Å². The number of thioether (sulfide) groups is 2. The Labute approximate surface area is 775 Å². The van der Waals surface area contributed by atoms with Crippen LogP contribution in [0.5, 0.6) is 5.75 Å². The number of rotatable bonds is 25. The standard InChI is InChI=1S/C92H115F3N16O20S2/c1-9-10-26-71-91(129)110-34-19-27-70(110)85(123)104-68(45-131-50-112)84(122)106-79(52(4)5)92(130)108(7)72(40-53-20-13-11-14-21-53)86(124)100-63(32-33-77(116)117)89(127)111-49-133-47-74(111)87(125)103-66(42-57-43-97-62-25-18-17-24-59(57)62)83(121)102-65(38-55-28-30-58(113)31-29-55)82(120)101-64(35-51(2)3)81(119)105-69(80(118)98-44-75(96)114)46-132-48-76(115)99-67(39-56-36-60(93)78(95)61(94)37-56)88(126)109(8)73(90(128)107(71)6)41-54-22-15-12-16-23-54/h11-18,20-25,28-31,36-37,43,50-52,63-74,79,97,113H,9-10,19,26-27,32-35,38-42,44-49H2,1-8H3,(H2,96,114)(H,98,118)(H,99,115)(H,100,124)(H,101,120)(H,102,121)(H,103,125)(H,104,123)(H,105,119)(H,106,122)(H,116,117)/t63-,64-,65-,66-,67-,68-,69-,70+,71-,72-,73-,74+,79-/m0/s1. The number of nitrogens with zero attached hydrogens (tertiary/aromatic N) is 5. The summed E-state index contributed by atoms with van der Waals surface area (Å²) in [6.07, 6.45) is -0.921. The average molecular weight is 1890 g/mol. The number of aliphatic carboxylic acids is 1. The zero-order valence-corrected chi connectivity index (χ0v) is 76.6. The maximum Gasteiger partial charge on any atom is 0.303 e. The van der Waals surface area contributed by atoms with Crippen LogP contribution in [0.2, 0.25) is 0 Å². The monoisotopic (exact) mass is 1880 g/mol. The number of carboxylic acids is 1. The van der Waals surface area contributed by atoms with Crippen LogP contribution in [0.15, 0.2) is 128 Å². The maximum atomic E-state index is 15.7. The molecule has 0 unspecified atom stereocenters. The Balaban J connectivity index is 1.13. The first kappa shape index (κ1) is 104. The number of halogens is 3. The number of phenols is 1. The van der Waals surface area contributed by atoms with Crippen molar-refractivity contribution in [3.8, 4) is 5.75 Å². The lowest BCUT2D eigenvalue weighted by atomic mass is 9.98. The number of primary amides is 1. The second kappa shape index (κ2) is 49.4. The minimum absolute atomic E-state index is 0.000672. The number of fused-ring (bicyclic) bond motifs is 3. The minimum atomic E-state index is -1.87. The fourth-order valence-electron chi connectivity index (χ4n) is 16.0. The fourth-order valence-corrected chi connectivity index (χ4v) is 18.0. The van der Waals surface area contributed by atoms with Crippen molar-refractivity contribution in [3.05, 3.63) is 173 Å². The van der Waals surface area contributed by atoms with Gasteiger partial charge in [-0.25, -0.2) is 13.2 Å². The molecule has 1 aromatic heterocycles. The van der Waals surface area contributed by atoms with E-state index in [1.54, 1.807) is 119 Å². The Bertz CT molecular complexity index is 5160. The highest BCUT2D eigenvalue weighted by Gasteiger charge is 2.47. The van der Waals surface area contributed by atoms with E-state index in [2.05, 4.69) is 52.8 Å². The maximum absolute atomic E-state index is 15.7. The number of para-hydroxylation sites is 1. The summed E-state index contributed by atoms with van der Waals surface area (Å²) in [7, 11) is 3.75. The Morgan fingerprint density at radius 1 is 0.556 bits per heavy atom. The van der Waals surface area contributed by atoms with Gasteiger partial charge < -0.3 is 98.0 Å². The highest BCUT2D eigenvalue weighted by molar-refractivity contribution is 8.00. The van der Waals surface area contributed by atoms with Gasteiger partial charge in [0.15, 0.2) is 17.5 Å². The summed E-state index contributed by atoms with van der Waals surface area (Å²) in [4.78, 5) is 258. The van der Waals surface area contributed by atoms with Gasteiger partial charge in [-0.05, 0) is 102 Å². The molecule has 41 heteroatoms. The molecule has 3 aliphatic rings. The highest BCUT2D eigenvalue weighted by Crippen LogP contribution is 2.29. The molecule has 0 saturated carbocycles. The van der Waals surface area contributed by atoms with Gasteiger partial charge in [-0.15, -0.1) is 23.5 Å². The predicted molar refractivity (Wildman–Crippen MR) is 484 cm³/mol. The number of aromatic amines is 1. The quantitative estimate of drug-likeness (QED) is 0.0289. The number of phenolic OH excluding ortho intramolecular Hbond substituents is 1. The lowest BCUT2D eigenvalue weighted by molar-refractivity contribution is -0.152. The van der Waals surface area contributed by atoms with Crippen molar-refractivity contribution in [2.24, 2.45) is 17.6 Å². The third kappa shape index (κ3) is 29.0. The number of carbonyl (C=O) groups excluding carboxylic acids is 16. The lowest BCUT2D eigenvalue weighted by Gasteiger charge is -2.38. The number of amides is 15. The molecule has 0 spiro atoms. The summed E-state index contributed by atoms with van der Waals surface area (Å²) < 4.78 is 50.2. The third-order valence-electron chi connectivity index (χ3n) is 23.2. The number of nitrogens with one attached hydrogen (secondary N) is 10. The number of likely N-dealkylation sites (N-methyl/N-ethyl adjacent to an activating group) is 3. The molecule has 0 radical (unpaired) electrons. The topological polar surface area (TPSA) is 506 Å². The molecule has 3 fully saturated rings. The molecule has 6 aromatic rings. The van der Waals surface area contributed by atoms with Crippen LogP contribution >= 0.6 is 23.5 Å². The molecule has 9 rings (SSSR count). The summed E-state index contributed by atoms with van der Waals surface area (Å²) in [6, 6.07) is 9.27. The van der Waals surface area contributed by atoms with Crippen LogP contribution in [0.25, 0.3) is 10.9 Å². The van der Waals surface area contributed by atoms with E-state index in [9.17, 15) is 53.0 Å². The van der Waals surface area contributed by atoms with Crippen molar-refractivity contribution in [2.75, 3.05) is 64.0 Å². The lowest BCUT2D eigenvalue weighted by Crippen LogP contribution is -2.62. The van der Waals surface area contributed by atoms with E-state index in [0.717, 1.165) is 31.4 Å². The van der Waals surface area contributed by atoms with Gasteiger partial charge >= 0.3 is 5.97 Å². The smallest absolute Gasteiger partial charge is 0.303 e. The molecule has 13 atom stereocenters. The second-order valence-corrected chi connectivity index (χ2v) is 35.9. The number of aromatic nitrogens is 1. The van der Waals surface area contributed by atoms with E-state index in [1.165, 1.54) is 50.3 Å². The van der Waals surface area contributed by atoms with E-state index in [1.807, 2.05) is 6.92 Å². The summed E-state index contributed by atoms with van der Waals surface area (Å²) in [5, 5.41) is 44.7. The zero-order valence-electron chi connectivity index (χ0n) is 75.0. The molecule has 36 nitrogen and oxygen atoms in total. The molecular weight excluding hydrogens is 1770 g/mol. The van der Waals surface area contributed by atoms with Crippen molar-refractivity contribution in [2.45, 2.75) is 197 Å². The third-order valence-corrected chi connectivity index (χ3v) is 25.3. The summed E-state index contributed by atoms with van der Waals surface area (Å²) in [5.74, 6) is -24.2. The van der Waals surface area contributed by atoms with Crippen LogP contribution in [0, 0.1) is 29.3 Å². The van der Waals surface area contributed by atoms with Crippen molar-refractivity contribution in [3.63, 3.8) is 0 Å². The number of hydrogen-bond donors (Lipinski definition) is 13. The predicted octanol–water partition coefficient (Wildman–Crippen LogP) is 2.33. The summed E-state index contributed by atoms with van der Waals surface area (Å²) in [5.41, 5.74) is 7.46. The van der Waals surface area contributed by atoms with Gasteiger partial charge in [0.05, 0.1) is 18.2 Å². The number of benzene rings is 5. The largest absolute Gasteiger partial charge is 0.508 e. The number of carboxylic acid groups (broad SMARTS) is 1. The van der Waals surface area contributed by atoms with E-state index in [4.69, 9.17) is 10.5 Å². The zero-order chi connectivity index (χ0) is 97.0. The number of hydrogen-bond acceptors (Lipinski definition) is 21. The van der Waals surface area contributed by atoms with E-state index in [-0.39, 0.29) is 87.3 Å². The van der Waals surface area contributed by atoms with Crippen molar-refractivity contribution >= 4 is 135 Å². The number of aromatic hydroxyl groups is 1. The van der Waals surface area contributed by atoms with Gasteiger partial charge in [0, 0.05) is 94.8 Å². The Kier molecular flexibility index (Phi) is 38.5. The number of nitrogens with two attached hydrogens (primary N) is 1. The summed E-state index contributed by atoms with van der Waals surface area (Å²) in [6.45, 7) is 6.63. The molecule has 3 aliphatic heterocycles. The van der Waals surface area contributed by atoms with Crippen molar-refractivity contribution < 1.29 is 110 Å². The van der Waals surface area contributed by atoms with Crippen LogP contribution in [0.1, 0.15) is 114 Å². The van der Waals surface area contributed by atoms with Crippen LogP contribution in [-0.4, -0.2) is 283 Å². The van der Waals surface area contributed by atoms with Gasteiger partial charge in [0.1, 0.15) is 90.9 Å². The minimum Gasteiger partial charge on any atom is -0.508 e. The normalized spacial score (nSPS) is 23.5.